The second-order valence-corrected chi connectivity index (χ2v) is 5.32. The van der Waals surface area contributed by atoms with E-state index in [9.17, 15) is 14.4 Å². The van der Waals surface area contributed by atoms with Crippen molar-refractivity contribution >= 4 is 29.2 Å². The van der Waals surface area contributed by atoms with E-state index in [0.29, 0.717) is 16.9 Å². The van der Waals surface area contributed by atoms with Gasteiger partial charge in [-0.2, -0.15) is 0 Å². The van der Waals surface area contributed by atoms with Crippen molar-refractivity contribution in [3.63, 3.8) is 0 Å². The fraction of sp³-hybridized carbons (Fsp3) is 0.167. The summed E-state index contributed by atoms with van der Waals surface area (Å²) in [5.74, 6) is -0.676. The van der Waals surface area contributed by atoms with Gasteiger partial charge in [0.1, 0.15) is 6.04 Å². The molecule has 4 N–H and O–H groups in total. The van der Waals surface area contributed by atoms with E-state index in [-0.39, 0.29) is 5.91 Å². The van der Waals surface area contributed by atoms with E-state index in [1.54, 1.807) is 36.4 Å². The lowest BCUT2D eigenvalue weighted by Crippen LogP contribution is -2.42. The maximum Gasteiger partial charge on any atom is 0.321 e. The van der Waals surface area contributed by atoms with Crippen LogP contribution in [0.5, 0.6) is 0 Å². The van der Waals surface area contributed by atoms with Crippen LogP contribution in [0.2, 0.25) is 0 Å². The Labute approximate surface area is 145 Å². The van der Waals surface area contributed by atoms with E-state index in [1.165, 1.54) is 14.0 Å². The van der Waals surface area contributed by atoms with E-state index in [1.807, 2.05) is 18.2 Å². The maximum absolute atomic E-state index is 12.5. The van der Waals surface area contributed by atoms with Gasteiger partial charge in [0.05, 0.1) is 0 Å². The Hall–Kier alpha value is -3.35. The third-order valence-corrected chi connectivity index (χ3v) is 3.35. The van der Waals surface area contributed by atoms with Crippen LogP contribution >= 0.6 is 0 Å². The van der Waals surface area contributed by atoms with Gasteiger partial charge in [-0.15, -0.1) is 0 Å². The van der Waals surface area contributed by atoms with Crippen molar-refractivity contribution in [2.24, 2.45) is 0 Å². The Kier molecular flexibility index (Phi) is 6.11. The average molecular weight is 340 g/mol. The average Bonchev–Trinajstić information content (AvgIpc) is 2.60. The SMILES string of the molecule is CNC(=O)NC(=O)[C@@H](Nc1cccc(NC(C)=O)c1)c1ccccc1. The van der Waals surface area contributed by atoms with Crippen molar-refractivity contribution in [2.75, 3.05) is 17.7 Å². The first-order valence-electron chi connectivity index (χ1n) is 7.71. The quantitative estimate of drug-likeness (QED) is 0.671. The minimum absolute atomic E-state index is 0.186. The number of amides is 4. The summed E-state index contributed by atoms with van der Waals surface area (Å²) in [4.78, 5) is 35.1. The number of carbonyl (C=O) groups is 3. The van der Waals surface area contributed by atoms with Crippen LogP contribution < -0.4 is 21.3 Å². The van der Waals surface area contributed by atoms with Crippen LogP contribution in [0.15, 0.2) is 54.6 Å². The molecule has 0 fully saturated rings. The summed E-state index contributed by atoms with van der Waals surface area (Å²) in [5.41, 5.74) is 1.94. The van der Waals surface area contributed by atoms with Gasteiger partial charge in [0, 0.05) is 25.3 Å². The van der Waals surface area contributed by atoms with Crippen LogP contribution in [0.25, 0.3) is 0 Å². The highest BCUT2D eigenvalue weighted by atomic mass is 16.2. The summed E-state index contributed by atoms with van der Waals surface area (Å²) in [7, 11) is 1.43. The fourth-order valence-electron chi connectivity index (χ4n) is 2.25. The molecule has 0 radical (unpaired) electrons. The second-order valence-electron chi connectivity index (χ2n) is 5.32. The number of hydrogen-bond donors (Lipinski definition) is 4. The Morgan fingerprint density at radius 2 is 1.60 bits per heavy atom. The molecule has 25 heavy (non-hydrogen) atoms. The zero-order chi connectivity index (χ0) is 18.2. The predicted octanol–water partition coefficient (Wildman–Crippen LogP) is 2.25. The van der Waals surface area contributed by atoms with Gasteiger partial charge in [-0.25, -0.2) is 4.79 Å². The van der Waals surface area contributed by atoms with Gasteiger partial charge in [-0.1, -0.05) is 36.4 Å². The molecule has 7 nitrogen and oxygen atoms in total. The highest BCUT2D eigenvalue weighted by Crippen LogP contribution is 2.22. The zero-order valence-corrected chi connectivity index (χ0v) is 14.0. The molecule has 2 aromatic carbocycles. The van der Waals surface area contributed by atoms with Crippen molar-refractivity contribution in [1.29, 1.82) is 0 Å². The molecule has 0 saturated carbocycles. The summed E-state index contributed by atoms with van der Waals surface area (Å²) >= 11 is 0. The summed E-state index contributed by atoms with van der Waals surface area (Å²) < 4.78 is 0. The van der Waals surface area contributed by atoms with E-state index in [2.05, 4.69) is 21.3 Å². The lowest BCUT2D eigenvalue weighted by Gasteiger charge is -2.20. The molecule has 4 amide bonds. The Morgan fingerprint density at radius 1 is 0.920 bits per heavy atom. The predicted molar refractivity (Wildman–Crippen MR) is 96.1 cm³/mol. The van der Waals surface area contributed by atoms with Crippen LogP contribution in [0.3, 0.4) is 0 Å². The van der Waals surface area contributed by atoms with Gasteiger partial charge in [0.25, 0.3) is 5.91 Å². The molecule has 0 aliphatic carbocycles. The Bertz CT molecular complexity index is 762. The highest BCUT2D eigenvalue weighted by Gasteiger charge is 2.22. The number of imide groups is 1. The molecule has 0 unspecified atom stereocenters. The van der Waals surface area contributed by atoms with Crippen molar-refractivity contribution in [2.45, 2.75) is 13.0 Å². The molecule has 130 valence electrons. The molecular formula is C18H20N4O3. The van der Waals surface area contributed by atoms with Crippen LogP contribution in [0.4, 0.5) is 16.2 Å². The van der Waals surface area contributed by atoms with Gasteiger partial charge in [-0.05, 0) is 23.8 Å². The summed E-state index contributed by atoms with van der Waals surface area (Å²) in [6.07, 6.45) is 0. The standard InChI is InChI=1S/C18H20N4O3/c1-12(23)20-14-9-6-10-15(11-14)21-16(13-7-4-3-5-8-13)17(24)22-18(25)19-2/h3-11,16,21H,1-2H3,(H,20,23)(H2,19,22,24,25)/t16-/m0/s1. The summed E-state index contributed by atoms with van der Waals surface area (Å²) in [5, 5.41) is 10.4. The molecular weight excluding hydrogens is 320 g/mol. The topological polar surface area (TPSA) is 99.3 Å². The maximum atomic E-state index is 12.5. The highest BCUT2D eigenvalue weighted by molar-refractivity contribution is 5.98. The molecule has 0 bridgehead atoms. The molecule has 0 saturated heterocycles. The molecule has 1 atom stereocenters. The van der Waals surface area contributed by atoms with Crippen molar-refractivity contribution in [3.05, 3.63) is 60.2 Å². The van der Waals surface area contributed by atoms with Crippen molar-refractivity contribution in [1.82, 2.24) is 10.6 Å². The zero-order valence-electron chi connectivity index (χ0n) is 14.0. The minimum atomic E-state index is -0.772. The van der Waals surface area contributed by atoms with Crippen LogP contribution in [-0.4, -0.2) is 24.9 Å². The number of hydrogen-bond acceptors (Lipinski definition) is 4. The molecule has 0 spiro atoms. The smallest absolute Gasteiger partial charge is 0.321 e. The third-order valence-electron chi connectivity index (χ3n) is 3.35. The van der Waals surface area contributed by atoms with E-state index >= 15 is 0 Å². The first-order valence-corrected chi connectivity index (χ1v) is 7.71. The lowest BCUT2D eigenvalue weighted by molar-refractivity contribution is -0.121. The van der Waals surface area contributed by atoms with Gasteiger partial charge in [0.2, 0.25) is 5.91 Å². The first kappa shape index (κ1) is 18.0. The van der Waals surface area contributed by atoms with Crippen LogP contribution in [-0.2, 0) is 9.59 Å². The fourth-order valence-corrected chi connectivity index (χ4v) is 2.25. The van der Waals surface area contributed by atoms with E-state index < -0.39 is 18.0 Å². The molecule has 2 aromatic rings. The van der Waals surface area contributed by atoms with Crippen molar-refractivity contribution < 1.29 is 14.4 Å². The van der Waals surface area contributed by atoms with Crippen molar-refractivity contribution in [3.8, 4) is 0 Å². The lowest BCUT2D eigenvalue weighted by atomic mass is 10.1. The molecule has 7 heteroatoms. The van der Waals surface area contributed by atoms with Gasteiger partial charge < -0.3 is 16.0 Å². The van der Waals surface area contributed by atoms with E-state index in [4.69, 9.17) is 0 Å². The summed E-state index contributed by atoms with van der Waals surface area (Å²) in [6.45, 7) is 1.42. The third kappa shape index (κ3) is 5.35. The minimum Gasteiger partial charge on any atom is -0.370 e. The number of anilines is 2. The number of urea groups is 1. The number of rotatable bonds is 5. The van der Waals surface area contributed by atoms with Gasteiger partial charge in [0.15, 0.2) is 0 Å². The molecule has 0 aliphatic heterocycles. The monoisotopic (exact) mass is 340 g/mol. The molecule has 2 rings (SSSR count). The normalized spacial score (nSPS) is 11.1. The Balaban J connectivity index is 2.25. The number of benzene rings is 2. The van der Waals surface area contributed by atoms with Crippen LogP contribution in [0.1, 0.15) is 18.5 Å². The van der Waals surface area contributed by atoms with Crippen LogP contribution in [0, 0.1) is 0 Å². The Morgan fingerprint density at radius 3 is 2.24 bits per heavy atom. The van der Waals surface area contributed by atoms with E-state index in [0.717, 1.165) is 0 Å². The largest absolute Gasteiger partial charge is 0.370 e. The van der Waals surface area contributed by atoms with Gasteiger partial charge in [-0.3, -0.25) is 14.9 Å². The molecule has 0 aliphatic rings. The molecule has 0 aromatic heterocycles. The number of nitrogens with one attached hydrogen (secondary N) is 4. The first-order chi connectivity index (χ1) is 12.0. The second kappa shape index (κ2) is 8.49. The number of carbonyl (C=O) groups excluding carboxylic acids is 3. The van der Waals surface area contributed by atoms with Gasteiger partial charge >= 0.3 is 6.03 Å². The molecule has 0 heterocycles. The summed E-state index contributed by atoms with van der Waals surface area (Å²) in [6, 6.07) is 14.7.